The van der Waals surface area contributed by atoms with Crippen LogP contribution < -0.4 is 0 Å². The molecule has 0 radical (unpaired) electrons. The van der Waals surface area contributed by atoms with Gasteiger partial charge in [0.15, 0.2) is 0 Å². The molecule has 1 atom stereocenters. The maximum Gasteiger partial charge on any atom is 0.501 e. The Morgan fingerprint density at radius 1 is 0.743 bits per heavy atom. The molecule has 0 aliphatic heterocycles. The van der Waals surface area contributed by atoms with Crippen molar-refractivity contribution >= 4 is 23.1 Å². The highest BCUT2D eigenvalue weighted by molar-refractivity contribution is 6.78. The van der Waals surface area contributed by atoms with Crippen LogP contribution in [0.5, 0.6) is 0 Å². The zero-order valence-electron chi connectivity index (χ0n) is 23.7. The van der Waals surface area contributed by atoms with E-state index in [-0.39, 0.29) is 11.9 Å². The first kappa shape index (κ1) is 31.0. The summed E-state index contributed by atoms with van der Waals surface area (Å²) < 4.78 is 25.2. The normalized spacial score (nSPS) is 19.6. The van der Waals surface area contributed by atoms with Crippen molar-refractivity contribution in [3.63, 3.8) is 0 Å². The molecule has 0 saturated heterocycles. The molecule has 0 bridgehead atoms. The highest BCUT2D eigenvalue weighted by Crippen LogP contribution is 2.51. The van der Waals surface area contributed by atoms with Gasteiger partial charge in [-0.05, 0) is 63.6 Å². The molecule has 0 amide bonds. The van der Waals surface area contributed by atoms with E-state index in [0.717, 1.165) is 0 Å². The molecule has 2 fully saturated rings. The third-order valence-electron chi connectivity index (χ3n) is 8.36. The van der Waals surface area contributed by atoms with Gasteiger partial charge in [-0.1, -0.05) is 78.1 Å². The molecule has 2 aliphatic carbocycles. The third-order valence-corrected chi connectivity index (χ3v) is 17.3. The standard InChI is InChI=1S/C28H56O5Si2/c1-6-10-11-18-23-34(26-19-14-12-15-20-26,27-21-16-13-17-22-27)33-28(29)25(5)24-35(30-7-2,31-8-3)32-9-4/h25-27H,6-24H2,1-5H3. The molecule has 7 heteroatoms. The van der Waals surface area contributed by atoms with Crippen LogP contribution in [-0.2, 0) is 22.5 Å². The van der Waals surface area contributed by atoms with E-state index in [1.807, 2.05) is 27.7 Å². The summed E-state index contributed by atoms with van der Waals surface area (Å²) in [5.41, 5.74) is 1.29. The van der Waals surface area contributed by atoms with Crippen molar-refractivity contribution in [2.45, 2.75) is 148 Å². The Hall–Kier alpha value is -0.216. The second-order valence-electron chi connectivity index (χ2n) is 10.9. The third kappa shape index (κ3) is 9.24. The van der Waals surface area contributed by atoms with Crippen LogP contribution in [0, 0.1) is 5.92 Å². The minimum Gasteiger partial charge on any atom is -0.518 e. The minimum atomic E-state index is -2.90. The summed E-state index contributed by atoms with van der Waals surface area (Å²) in [5, 5.41) is 0. The van der Waals surface area contributed by atoms with Gasteiger partial charge in [0, 0.05) is 25.9 Å². The fourth-order valence-electron chi connectivity index (χ4n) is 6.68. The molecule has 5 nitrogen and oxygen atoms in total. The summed E-state index contributed by atoms with van der Waals surface area (Å²) in [7, 11) is -5.15. The van der Waals surface area contributed by atoms with Crippen molar-refractivity contribution in [2.24, 2.45) is 5.92 Å². The van der Waals surface area contributed by atoms with Crippen molar-refractivity contribution in [2.75, 3.05) is 19.8 Å². The minimum absolute atomic E-state index is 0.000658. The summed E-state index contributed by atoms with van der Waals surface area (Å²) in [6, 6.07) is 1.68. The zero-order valence-corrected chi connectivity index (χ0v) is 25.7. The van der Waals surface area contributed by atoms with Crippen LogP contribution in [0.4, 0.5) is 0 Å². The molecule has 0 aromatic heterocycles. The molecule has 0 N–H and O–H groups in total. The van der Waals surface area contributed by atoms with Gasteiger partial charge in [-0.25, -0.2) is 0 Å². The molecule has 2 aliphatic rings. The Bertz CT molecular complexity index is 541. The van der Waals surface area contributed by atoms with Crippen LogP contribution >= 0.6 is 0 Å². The molecule has 35 heavy (non-hydrogen) atoms. The lowest BCUT2D eigenvalue weighted by molar-refractivity contribution is -0.139. The molecule has 0 aromatic rings. The van der Waals surface area contributed by atoms with E-state index in [1.165, 1.54) is 95.9 Å². The zero-order chi connectivity index (χ0) is 25.6. The fraction of sp³-hybridized carbons (Fsp3) is 0.964. The first-order valence-corrected chi connectivity index (χ1v) is 19.3. The number of carbonyl (C=O) groups excluding carboxylic acids is 1. The summed E-state index contributed by atoms with van der Waals surface area (Å²) in [6.45, 7) is 11.8. The van der Waals surface area contributed by atoms with E-state index in [9.17, 15) is 4.79 Å². The van der Waals surface area contributed by atoms with E-state index in [4.69, 9.17) is 17.7 Å². The Balaban J connectivity index is 2.28. The number of rotatable bonds is 17. The highest BCUT2D eigenvalue weighted by Gasteiger charge is 2.53. The van der Waals surface area contributed by atoms with Crippen LogP contribution in [0.15, 0.2) is 0 Å². The molecule has 2 saturated carbocycles. The predicted molar refractivity (Wildman–Crippen MR) is 149 cm³/mol. The van der Waals surface area contributed by atoms with Crippen LogP contribution in [-0.4, -0.2) is 42.9 Å². The van der Waals surface area contributed by atoms with Crippen LogP contribution in [0.3, 0.4) is 0 Å². The Morgan fingerprint density at radius 3 is 1.66 bits per heavy atom. The van der Waals surface area contributed by atoms with Crippen molar-refractivity contribution < 1.29 is 22.5 Å². The second kappa shape index (κ2) is 16.6. The van der Waals surface area contributed by atoms with E-state index in [0.29, 0.717) is 36.9 Å². The van der Waals surface area contributed by atoms with Gasteiger partial charge in [-0.2, -0.15) is 0 Å². The summed E-state index contributed by atoms with van der Waals surface area (Å²) in [4.78, 5) is 13.9. The largest absolute Gasteiger partial charge is 0.518 e. The Labute approximate surface area is 218 Å². The second-order valence-corrected chi connectivity index (χ2v) is 17.8. The van der Waals surface area contributed by atoms with Gasteiger partial charge in [0.05, 0.1) is 5.92 Å². The molecule has 0 spiro atoms. The maximum absolute atomic E-state index is 13.9. The number of carbonyl (C=O) groups is 1. The highest BCUT2D eigenvalue weighted by atomic mass is 28.4. The molecule has 0 aromatic carbocycles. The fourth-order valence-corrected chi connectivity index (χ4v) is 15.6. The van der Waals surface area contributed by atoms with Gasteiger partial charge in [0.2, 0.25) is 0 Å². The monoisotopic (exact) mass is 528 g/mol. The lowest BCUT2D eigenvalue weighted by atomic mass is 9.99. The van der Waals surface area contributed by atoms with Gasteiger partial charge in [0.1, 0.15) is 0 Å². The Morgan fingerprint density at radius 2 is 1.23 bits per heavy atom. The van der Waals surface area contributed by atoms with Gasteiger partial charge < -0.3 is 17.7 Å². The van der Waals surface area contributed by atoms with Gasteiger partial charge >= 0.3 is 8.80 Å². The number of hydrogen-bond donors (Lipinski definition) is 0. The molecular formula is C28H56O5Si2. The van der Waals surface area contributed by atoms with E-state index >= 15 is 0 Å². The first-order valence-electron chi connectivity index (χ1n) is 15.1. The summed E-state index contributed by atoms with van der Waals surface area (Å²) in [5.74, 6) is -0.264. The SMILES string of the molecule is CCCCCC[Si](OC(=O)C(C)C[Si](OCC)(OCC)OCC)(C1CCCCC1)C1CCCCC1. The molecule has 0 heterocycles. The predicted octanol–water partition coefficient (Wildman–Crippen LogP) is 8.41. The first-order chi connectivity index (χ1) is 17.0. The molecular weight excluding hydrogens is 472 g/mol. The lowest BCUT2D eigenvalue weighted by Crippen LogP contribution is -2.53. The molecule has 2 rings (SSSR count). The average molecular weight is 529 g/mol. The average Bonchev–Trinajstić information content (AvgIpc) is 2.87. The van der Waals surface area contributed by atoms with E-state index in [1.54, 1.807) is 0 Å². The smallest absolute Gasteiger partial charge is 0.501 e. The van der Waals surface area contributed by atoms with E-state index in [2.05, 4.69) is 6.92 Å². The van der Waals surface area contributed by atoms with Crippen LogP contribution in [0.1, 0.15) is 125 Å². The van der Waals surface area contributed by atoms with Crippen LogP contribution in [0.25, 0.3) is 0 Å². The number of hydrogen-bond acceptors (Lipinski definition) is 5. The van der Waals surface area contributed by atoms with E-state index < -0.39 is 17.1 Å². The van der Waals surface area contributed by atoms with Crippen molar-refractivity contribution in [3.8, 4) is 0 Å². The van der Waals surface area contributed by atoms with Crippen molar-refractivity contribution in [1.29, 1.82) is 0 Å². The van der Waals surface area contributed by atoms with Gasteiger partial charge in [-0.3, -0.25) is 4.79 Å². The number of unbranched alkanes of at least 4 members (excludes halogenated alkanes) is 3. The van der Waals surface area contributed by atoms with Crippen molar-refractivity contribution in [1.82, 2.24) is 0 Å². The van der Waals surface area contributed by atoms with Gasteiger partial charge in [-0.15, -0.1) is 0 Å². The quantitative estimate of drug-likeness (QED) is 0.140. The summed E-state index contributed by atoms with van der Waals surface area (Å²) in [6.07, 6.45) is 18.0. The summed E-state index contributed by atoms with van der Waals surface area (Å²) >= 11 is 0. The maximum atomic E-state index is 13.9. The van der Waals surface area contributed by atoms with Gasteiger partial charge in [0.25, 0.3) is 14.3 Å². The van der Waals surface area contributed by atoms with Crippen LogP contribution in [0.2, 0.25) is 23.2 Å². The van der Waals surface area contributed by atoms with Crippen molar-refractivity contribution in [3.05, 3.63) is 0 Å². The lowest BCUT2D eigenvalue weighted by Gasteiger charge is -2.47. The topological polar surface area (TPSA) is 54.0 Å². The molecule has 206 valence electrons. The Kier molecular flexibility index (Phi) is 14.7. The molecule has 1 unspecified atom stereocenters.